The summed E-state index contributed by atoms with van der Waals surface area (Å²) in [6.07, 6.45) is 0. The van der Waals surface area contributed by atoms with Crippen molar-refractivity contribution in [2.45, 2.75) is 19.6 Å². The Morgan fingerprint density at radius 1 is 1.44 bits per heavy atom. The van der Waals surface area contributed by atoms with Gasteiger partial charge in [-0.1, -0.05) is 18.2 Å². The van der Waals surface area contributed by atoms with Gasteiger partial charge in [0.2, 0.25) is 0 Å². The molecule has 0 fully saturated rings. The molecule has 0 aliphatic carbocycles. The van der Waals surface area contributed by atoms with E-state index in [9.17, 15) is 0 Å². The first kappa shape index (κ1) is 11.1. The van der Waals surface area contributed by atoms with Crippen molar-refractivity contribution in [1.29, 1.82) is 0 Å². The molecule has 0 amide bonds. The van der Waals surface area contributed by atoms with Gasteiger partial charge in [-0.15, -0.1) is 11.3 Å². The molecule has 0 bridgehead atoms. The molecule has 0 aliphatic heterocycles. The van der Waals surface area contributed by atoms with Crippen LogP contribution in [0.4, 0.5) is 0 Å². The third-order valence-corrected chi connectivity index (χ3v) is 2.90. The molecule has 2 aromatic rings. The average Bonchev–Trinajstić information content (AvgIpc) is 2.79. The Hall–Kier alpha value is -1.39. The van der Waals surface area contributed by atoms with Crippen LogP contribution in [0.15, 0.2) is 35.2 Å². The molecule has 1 heterocycles. The molecule has 2 N–H and O–H groups in total. The minimum atomic E-state index is -0.0216. The van der Waals surface area contributed by atoms with Gasteiger partial charge in [0.15, 0.2) is 0 Å². The highest BCUT2D eigenvalue weighted by Gasteiger charge is 2.07. The SMILES string of the molecule is C[C@@H](N)c1ccccc1OCc1cscn1. The lowest BCUT2D eigenvalue weighted by molar-refractivity contribution is 0.297. The second-order valence-corrected chi connectivity index (χ2v) is 4.31. The van der Waals surface area contributed by atoms with Crippen molar-refractivity contribution in [3.8, 4) is 5.75 Å². The molecule has 0 saturated heterocycles. The molecule has 3 nitrogen and oxygen atoms in total. The Morgan fingerprint density at radius 3 is 2.94 bits per heavy atom. The Balaban J connectivity index is 2.09. The number of rotatable bonds is 4. The highest BCUT2D eigenvalue weighted by Crippen LogP contribution is 2.23. The van der Waals surface area contributed by atoms with Crippen molar-refractivity contribution in [2.75, 3.05) is 0 Å². The van der Waals surface area contributed by atoms with Gasteiger partial charge in [-0.2, -0.15) is 0 Å². The van der Waals surface area contributed by atoms with Crippen LogP contribution in [0.5, 0.6) is 5.75 Å². The number of thiazole rings is 1. The monoisotopic (exact) mass is 234 g/mol. The number of nitrogens with two attached hydrogens (primary N) is 1. The van der Waals surface area contributed by atoms with Gasteiger partial charge in [0, 0.05) is 17.0 Å². The summed E-state index contributed by atoms with van der Waals surface area (Å²) in [6, 6.07) is 7.81. The number of benzene rings is 1. The van der Waals surface area contributed by atoms with Gasteiger partial charge in [-0.05, 0) is 13.0 Å². The number of ether oxygens (including phenoxy) is 1. The predicted molar refractivity (Wildman–Crippen MR) is 65.5 cm³/mol. The Morgan fingerprint density at radius 2 is 2.25 bits per heavy atom. The molecule has 16 heavy (non-hydrogen) atoms. The molecule has 1 aromatic heterocycles. The van der Waals surface area contributed by atoms with Crippen molar-refractivity contribution < 1.29 is 4.74 Å². The van der Waals surface area contributed by atoms with Crippen LogP contribution in [0.25, 0.3) is 0 Å². The number of hydrogen-bond acceptors (Lipinski definition) is 4. The first-order chi connectivity index (χ1) is 7.77. The van der Waals surface area contributed by atoms with Crippen LogP contribution in [-0.4, -0.2) is 4.98 Å². The van der Waals surface area contributed by atoms with Crippen LogP contribution >= 0.6 is 11.3 Å². The van der Waals surface area contributed by atoms with Gasteiger partial charge < -0.3 is 10.5 Å². The van der Waals surface area contributed by atoms with Crippen LogP contribution < -0.4 is 10.5 Å². The number of hydrogen-bond donors (Lipinski definition) is 1. The standard InChI is InChI=1S/C12H14N2OS/c1-9(13)11-4-2-3-5-12(11)15-6-10-7-16-8-14-10/h2-5,7-9H,6,13H2,1H3/t9-/m1/s1. The van der Waals surface area contributed by atoms with Crippen LogP contribution in [-0.2, 0) is 6.61 Å². The van der Waals surface area contributed by atoms with Gasteiger partial charge in [0.1, 0.15) is 12.4 Å². The Labute approximate surface area is 98.9 Å². The van der Waals surface area contributed by atoms with E-state index in [1.807, 2.05) is 36.6 Å². The molecular formula is C12H14N2OS. The van der Waals surface area contributed by atoms with E-state index in [1.165, 1.54) is 0 Å². The van der Waals surface area contributed by atoms with E-state index < -0.39 is 0 Å². The highest BCUT2D eigenvalue weighted by molar-refractivity contribution is 7.07. The summed E-state index contributed by atoms with van der Waals surface area (Å²) in [5.41, 5.74) is 9.65. The molecular weight excluding hydrogens is 220 g/mol. The summed E-state index contributed by atoms with van der Waals surface area (Å²) in [6.45, 7) is 2.44. The molecule has 0 radical (unpaired) electrons. The zero-order chi connectivity index (χ0) is 11.4. The first-order valence-electron chi connectivity index (χ1n) is 5.11. The van der Waals surface area contributed by atoms with E-state index in [2.05, 4.69) is 4.98 Å². The predicted octanol–water partition coefficient (Wildman–Crippen LogP) is 2.74. The maximum Gasteiger partial charge on any atom is 0.131 e. The topological polar surface area (TPSA) is 48.1 Å². The fourth-order valence-corrected chi connectivity index (χ4v) is 1.99. The normalized spacial score (nSPS) is 12.4. The third-order valence-electron chi connectivity index (χ3n) is 2.27. The number of aromatic nitrogens is 1. The maximum atomic E-state index is 5.87. The molecule has 2 rings (SSSR count). The van der Waals surface area contributed by atoms with Gasteiger partial charge in [0.25, 0.3) is 0 Å². The molecule has 84 valence electrons. The highest BCUT2D eigenvalue weighted by atomic mass is 32.1. The maximum absolute atomic E-state index is 5.87. The molecule has 1 atom stereocenters. The van der Waals surface area contributed by atoms with Crippen molar-refractivity contribution in [3.05, 3.63) is 46.4 Å². The summed E-state index contributed by atoms with van der Waals surface area (Å²) < 4.78 is 5.71. The van der Waals surface area contributed by atoms with Crippen LogP contribution in [0.2, 0.25) is 0 Å². The van der Waals surface area contributed by atoms with Crippen LogP contribution in [0.1, 0.15) is 24.2 Å². The largest absolute Gasteiger partial charge is 0.487 e. The van der Waals surface area contributed by atoms with Crippen LogP contribution in [0.3, 0.4) is 0 Å². The van der Waals surface area contributed by atoms with E-state index in [1.54, 1.807) is 16.8 Å². The number of para-hydroxylation sites is 1. The van der Waals surface area contributed by atoms with Crippen LogP contribution in [0, 0.1) is 0 Å². The van der Waals surface area contributed by atoms with Gasteiger partial charge >= 0.3 is 0 Å². The minimum absolute atomic E-state index is 0.0216. The lowest BCUT2D eigenvalue weighted by Gasteiger charge is -2.12. The van der Waals surface area contributed by atoms with Crippen molar-refractivity contribution >= 4 is 11.3 Å². The summed E-state index contributed by atoms with van der Waals surface area (Å²) in [5.74, 6) is 0.838. The smallest absolute Gasteiger partial charge is 0.131 e. The van der Waals surface area contributed by atoms with Gasteiger partial charge in [0.05, 0.1) is 11.2 Å². The van der Waals surface area contributed by atoms with E-state index in [0.29, 0.717) is 6.61 Å². The summed E-state index contributed by atoms with van der Waals surface area (Å²) in [4.78, 5) is 4.17. The second-order valence-electron chi connectivity index (χ2n) is 3.59. The molecule has 0 spiro atoms. The molecule has 1 aromatic carbocycles. The number of nitrogens with zero attached hydrogens (tertiary/aromatic N) is 1. The quantitative estimate of drug-likeness (QED) is 0.884. The van der Waals surface area contributed by atoms with E-state index in [4.69, 9.17) is 10.5 Å². The molecule has 0 aliphatic rings. The summed E-state index contributed by atoms with van der Waals surface area (Å²) in [5, 5.41) is 1.98. The zero-order valence-electron chi connectivity index (χ0n) is 9.09. The van der Waals surface area contributed by atoms with E-state index in [0.717, 1.165) is 17.0 Å². The summed E-state index contributed by atoms with van der Waals surface area (Å²) in [7, 11) is 0. The Kier molecular flexibility index (Phi) is 3.54. The summed E-state index contributed by atoms with van der Waals surface area (Å²) >= 11 is 1.57. The van der Waals surface area contributed by atoms with Crippen molar-refractivity contribution in [3.63, 3.8) is 0 Å². The lowest BCUT2D eigenvalue weighted by atomic mass is 10.1. The lowest BCUT2D eigenvalue weighted by Crippen LogP contribution is -2.08. The van der Waals surface area contributed by atoms with E-state index in [-0.39, 0.29) is 6.04 Å². The van der Waals surface area contributed by atoms with Gasteiger partial charge in [-0.25, -0.2) is 4.98 Å². The Bertz CT molecular complexity index is 440. The first-order valence-corrected chi connectivity index (χ1v) is 6.06. The molecule has 4 heteroatoms. The van der Waals surface area contributed by atoms with Crippen molar-refractivity contribution in [1.82, 2.24) is 4.98 Å². The van der Waals surface area contributed by atoms with Crippen molar-refractivity contribution in [2.24, 2.45) is 5.73 Å². The second kappa shape index (κ2) is 5.09. The fourth-order valence-electron chi connectivity index (χ4n) is 1.45. The third kappa shape index (κ3) is 2.59. The van der Waals surface area contributed by atoms with E-state index >= 15 is 0 Å². The zero-order valence-corrected chi connectivity index (χ0v) is 9.91. The van der Waals surface area contributed by atoms with Gasteiger partial charge in [-0.3, -0.25) is 0 Å². The molecule has 0 unspecified atom stereocenters. The minimum Gasteiger partial charge on any atom is -0.487 e. The molecule has 0 saturated carbocycles. The average molecular weight is 234 g/mol. The fraction of sp³-hybridized carbons (Fsp3) is 0.250.